The lowest BCUT2D eigenvalue weighted by molar-refractivity contribution is 0.848. The van der Waals surface area contributed by atoms with Crippen molar-refractivity contribution < 1.29 is 0 Å². The first-order valence-electron chi connectivity index (χ1n) is 7.31. The number of hydrogen-bond acceptors (Lipinski definition) is 4. The molecular weight excluding hydrogens is 272 g/mol. The number of aryl methyl sites for hydroxylation is 1. The number of pyridine rings is 1. The first-order valence-corrected chi connectivity index (χ1v) is 7.31. The van der Waals surface area contributed by atoms with Crippen LogP contribution in [0.2, 0.25) is 0 Å². The summed E-state index contributed by atoms with van der Waals surface area (Å²) in [7, 11) is 0. The van der Waals surface area contributed by atoms with Crippen molar-refractivity contribution in [2.75, 3.05) is 18.0 Å². The van der Waals surface area contributed by atoms with E-state index in [-0.39, 0.29) is 5.57 Å². The summed E-state index contributed by atoms with van der Waals surface area (Å²) < 4.78 is 0. The van der Waals surface area contributed by atoms with Gasteiger partial charge in [0.1, 0.15) is 23.5 Å². The standard InChI is InChI=1S/C18H18N4/c1-4-22(5-2)18-16(9-14(11-19)12-20)10-15-7-6-13(3)8-17(15)21-18/h6-10H,4-5H2,1-3H3. The van der Waals surface area contributed by atoms with Crippen LogP contribution in [-0.2, 0) is 0 Å². The molecule has 4 heteroatoms. The second-order valence-electron chi connectivity index (χ2n) is 5.05. The summed E-state index contributed by atoms with van der Waals surface area (Å²) in [6.07, 6.45) is 1.61. The van der Waals surface area contributed by atoms with E-state index in [2.05, 4.69) is 18.7 Å². The molecule has 0 N–H and O–H groups in total. The molecule has 0 aliphatic carbocycles. The Morgan fingerprint density at radius 1 is 1.18 bits per heavy atom. The number of aromatic nitrogens is 1. The molecule has 1 heterocycles. The molecule has 0 fully saturated rings. The Kier molecular flexibility index (Phi) is 4.76. The van der Waals surface area contributed by atoms with Crippen LogP contribution < -0.4 is 4.90 Å². The molecular formula is C18H18N4. The number of benzene rings is 1. The van der Waals surface area contributed by atoms with Gasteiger partial charge in [0.2, 0.25) is 0 Å². The van der Waals surface area contributed by atoms with Gasteiger partial charge in [-0.1, -0.05) is 12.1 Å². The van der Waals surface area contributed by atoms with Gasteiger partial charge in [0.05, 0.1) is 5.52 Å². The molecule has 0 atom stereocenters. The quantitative estimate of drug-likeness (QED) is 0.803. The Labute approximate surface area is 130 Å². The van der Waals surface area contributed by atoms with Crippen molar-refractivity contribution in [1.82, 2.24) is 4.98 Å². The summed E-state index contributed by atoms with van der Waals surface area (Å²) in [5, 5.41) is 19.0. The number of fused-ring (bicyclic) bond motifs is 1. The van der Waals surface area contributed by atoms with E-state index >= 15 is 0 Å². The molecule has 2 rings (SSSR count). The number of anilines is 1. The van der Waals surface area contributed by atoms with Crippen LogP contribution in [0.4, 0.5) is 5.82 Å². The van der Waals surface area contributed by atoms with Crippen LogP contribution in [0.15, 0.2) is 29.8 Å². The minimum absolute atomic E-state index is 0.0849. The fraction of sp³-hybridized carbons (Fsp3) is 0.278. The molecule has 1 aromatic carbocycles. The first-order chi connectivity index (χ1) is 10.6. The van der Waals surface area contributed by atoms with Gasteiger partial charge in [-0.2, -0.15) is 10.5 Å². The van der Waals surface area contributed by atoms with Gasteiger partial charge >= 0.3 is 0 Å². The van der Waals surface area contributed by atoms with Gasteiger partial charge in [-0.05, 0) is 44.5 Å². The molecule has 0 aliphatic heterocycles. The highest BCUT2D eigenvalue weighted by atomic mass is 15.2. The maximum atomic E-state index is 9.01. The van der Waals surface area contributed by atoms with E-state index in [1.165, 1.54) is 0 Å². The summed E-state index contributed by atoms with van der Waals surface area (Å²) in [5.74, 6) is 0.811. The zero-order chi connectivity index (χ0) is 16.1. The van der Waals surface area contributed by atoms with Crippen molar-refractivity contribution in [2.24, 2.45) is 0 Å². The maximum Gasteiger partial charge on any atom is 0.136 e. The molecule has 0 unspecified atom stereocenters. The Morgan fingerprint density at radius 3 is 2.45 bits per heavy atom. The molecule has 110 valence electrons. The van der Waals surface area contributed by atoms with Crippen LogP contribution >= 0.6 is 0 Å². The molecule has 0 radical (unpaired) electrons. The average molecular weight is 290 g/mol. The van der Waals surface area contributed by atoms with Gasteiger partial charge in [-0.25, -0.2) is 4.98 Å². The molecule has 2 aromatic rings. The van der Waals surface area contributed by atoms with E-state index in [1.54, 1.807) is 6.08 Å². The second-order valence-corrected chi connectivity index (χ2v) is 5.05. The molecule has 0 saturated heterocycles. The first kappa shape index (κ1) is 15.5. The van der Waals surface area contributed by atoms with Crippen LogP contribution in [0.25, 0.3) is 17.0 Å². The monoisotopic (exact) mass is 290 g/mol. The summed E-state index contributed by atoms with van der Waals surface area (Å²) in [6, 6.07) is 11.9. The van der Waals surface area contributed by atoms with Crippen molar-refractivity contribution in [1.29, 1.82) is 10.5 Å². The van der Waals surface area contributed by atoms with Crippen molar-refractivity contribution >= 4 is 22.8 Å². The molecule has 0 saturated carbocycles. The highest BCUT2D eigenvalue weighted by Gasteiger charge is 2.12. The van der Waals surface area contributed by atoms with Crippen LogP contribution in [0.5, 0.6) is 0 Å². The Balaban J connectivity index is 2.74. The van der Waals surface area contributed by atoms with E-state index in [9.17, 15) is 0 Å². The molecule has 1 aromatic heterocycles. The minimum atomic E-state index is 0.0849. The lowest BCUT2D eigenvalue weighted by atomic mass is 10.1. The van der Waals surface area contributed by atoms with Crippen LogP contribution in [-0.4, -0.2) is 18.1 Å². The number of nitriles is 2. The fourth-order valence-corrected chi connectivity index (χ4v) is 2.41. The van der Waals surface area contributed by atoms with E-state index < -0.39 is 0 Å². The zero-order valence-corrected chi connectivity index (χ0v) is 13.1. The highest BCUT2D eigenvalue weighted by molar-refractivity contribution is 5.86. The van der Waals surface area contributed by atoms with Gasteiger partial charge in [0, 0.05) is 24.0 Å². The summed E-state index contributed by atoms with van der Waals surface area (Å²) >= 11 is 0. The molecule has 0 spiro atoms. The van der Waals surface area contributed by atoms with Crippen molar-refractivity contribution in [2.45, 2.75) is 20.8 Å². The fourth-order valence-electron chi connectivity index (χ4n) is 2.41. The lowest BCUT2D eigenvalue weighted by Gasteiger charge is -2.22. The second kappa shape index (κ2) is 6.74. The molecule has 22 heavy (non-hydrogen) atoms. The minimum Gasteiger partial charge on any atom is -0.357 e. The number of hydrogen-bond donors (Lipinski definition) is 0. The van der Waals surface area contributed by atoms with Crippen LogP contribution in [0, 0.1) is 29.6 Å². The van der Waals surface area contributed by atoms with E-state index in [0.29, 0.717) is 0 Å². The highest BCUT2D eigenvalue weighted by Crippen LogP contribution is 2.26. The van der Waals surface area contributed by atoms with E-state index in [0.717, 1.165) is 40.9 Å². The lowest BCUT2D eigenvalue weighted by Crippen LogP contribution is -2.24. The molecule has 0 aliphatic rings. The van der Waals surface area contributed by atoms with Crippen molar-refractivity contribution in [3.8, 4) is 12.1 Å². The average Bonchev–Trinajstić information content (AvgIpc) is 2.53. The predicted molar refractivity (Wildman–Crippen MR) is 89.2 cm³/mol. The topological polar surface area (TPSA) is 63.7 Å². The van der Waals surface area contributed by atoms with Gasteiger partial charge < -0.3 is 4.90 Å². The number of nitrogens with zero attached hydrogens (tertiary/aromatic N) is 4. The van der Waals surface area contributed by atoms with Crippen LogP contribution in [0.3, 0.4) is 0 Å². The molecule has 0 bridgehead atoms. The van der Waals surface area contributed by atoms with Crippen LogP contribution in [0.1, 0.15) is 25.0 Å². The summed E-state index contributed by atoms with van der Waals surface area (Å²) in [5.41, 5.74) is 2.97. The largest absolute Gasteiger partial charge is 0.357 e. The zero-order valence-electron chi connectivity index (χ0n) is 13.1. The number of allylic oxidation sites excluding steroid dienone is 1. The number of rotatable bonds is 4. The van der Waals surface area contributed by atoms with E-state index in [1.807, 2.05) is 43.3 Å². The smallest absolute Gasteiger partial charge is 0.136 e. The van der Waals surface area contributed by atoms with Gasteiger partial charge in [-0.3, -0.25) is 0 Å². The maximum absolute atomic E-state index is 9.01. The van der Waals surface area contributed by atoms with Gasteiger partial charge in [0.25, 0.3) is 0 Å². The summed E-state index contributed by atoms with van der Waals surface area (Å²) in [6.45, 7) is 7.80. The predicted octanol–water partition coefficient (Wildman–Crippen LogP) is 3.82. The Hall–Kier alpha value is -2.85. The van der Waals surface area contributed by atoms with Crippen molar-refractivity contribution in [3.05, 3.63) is 41.0 Å². The normalized spacial score (nSPS) is 9.86. The SMILES string of the molecule is CCN(CC)c1nc2cc(C)ccc2cc1C=C(C#N)C#N. The van der Waals surface area contributed by atoms with E-state index in [4.69, 9.17) is 15.5 Å². The third-order valence-electron chi connectivity index (χ3n) is 3.59. The van der Waals surface area contributed by atoms with Gasteiger partial charge in [0.15, 0.2) is 0 Å². The Bertz CT molecular complexity index is 786. The summed E-state index contributed by atoms with van der Waals surface area (Å²) in [4.78, 5) is 6.89. The molecule has 0 amide bonds. The molecule has 4 nitrogen and oxygen atoms in total. The third kappa shape index (κ3) is 3.07. The van der Waals surface area contributed by atoms with Gasteiger partial charge in [-0.15, -0.1) is 0 Å². The Morgan fingerprint density at radius 2 is 1.86 bits per heavy atom. The third-order valence-corrected chi connectivity index (χ3v) is 3.59. The van der Waals surface area contributed by atoms with Crippen molar-refractivity contribution in [3.63, 3.8) is 0 Å².